The molecular formula is C30H58N3O+. The normalized spacial score (nSPS) is 19.7. The summed E-state index contributed by atoms with van der Waals surface area (Å²) in [5.74, 6) is 0.0675. The highest BCUT2D eigenvalue weighted by atomic mass is 16.1. The Morgan fingerprint density at radius 3 is 1.88 bits per heavy atom. The number of quaternary nitrogens is 1. The lowest BCUT2D eigenvalue weighted by molar-refractivity contribution is -0.898. The molecule has 2 unspecified atom stereocenters. The lowest BCUT2D eigenvalue weighted by atomic mass is 10.0. The third kappa shape index (κ3) is 14.9. The summed E-state index contributed by atoms with van der Waals surface area (Å²) in [4.78, 5) is 11.2. The summed E-state index contributed by atoms with van der Waals surface area (Å²) in [6, 6.07) is 0. The van der Waals surface area contributed by atoms with Crippen LogP contribution in [0.2, 0.25) is 0 Å². The molecule has 4 nitrogen and oxygen atoms in total. The maximum Gasteiger partial charge on any atom is 0.217 e. The van der Waals surface area contributed by atoms with Crippen LogP contribution in [-0.4, -0.2) is 36.2 Å². The summed E-state index contributed by atoms with van der Waals surface area (Å²) in [7, 11) is 0. The van der Waals surface area contributed by atoms with Gasteiger partial charge in [0.05, 0.1) is 19.3 Å². The topological polar surface area (TPSA) is 41.1 Å². The standard InChI is InChI=1S/C30H57N3O/c1-4-6-7-8-9-10-11-12-13-14-15-16-17-18-19-20-21-22-23-24-30-32-26-28-33(30,5-2)27-25-31-29(3)34/h11-12,26,28,30,32H,4-10,13-25,27H2,1-3H3/p+1/b12-11+. The number of carbonyl (C=O) groups is 1. The van der Waals surface area contributed by atoms with Crippen molar-refractivity contribution in [2.24, 2.45) is 0 Å². The van der Waals surface area contributed by atoms with Gasteiger partial charge in [0.2, 0.25) is 5.91 Å². The molecule has 1 amide bonds. The van der Waals surface area contributed by atoms with Gasteiger partial charge in [0.1, 0.15) is 12.7 Å². The number of hydrogen-bond donors (Lipinski definition) is 2. The lowest BCUT2D eigenvalue weighted by Gasteiger charge is -2.37. The van der Waals surface area contributed by atoms with Crippen molar-refractivity contribution < 1.29 is 9.28 Å². The van der Waals surface area contributed by atoms with Crippen LogP contribution in [0.15, 0.2) is 24.6 Å². The van der Waals surface area contributed by atoms with Gasteiger partial charge in [-0.2, -0.15) is 0 Å². The molecule has 0 saturated heterocycles. The molecule has 0 aromatic carbocycles. The fourth-order valence-electron chi connectivity index (χ4n) is 5.17. The summed E-state index contributed by atoms with van der Waals surface area (Å²) in [6.45, 7) is 8.93. The van der Waals surface area contributed by atoms with E-state index in [9.17, 15) is 4.79 Å². The first-order chi connectivity index (χ1) is 16.6. The summed E-state index contributed by atoms with van der Waals surface area (Å²) in [5, 5.41) is 6.53. The molecule has 0 spiro atoms. The molecule has 1 rings (SSSR count). The van der Waals surface area contributed by atoms with Crippen LogP contribution < -0.4 is 10.6 Å². The number of allylic oxidation sites excluding steroid dienone is 2. The van der Waals surface area contributed by atoms with Crippen molar-refractivity contribution in [1.82, 2.24) is 10.6 Å². The quantitative estimate of drug-likeness (QED) is 0.0892. The zero-order valence-electron chi connectivity index (χ0n) is 23.1. The molecular weight excluding hydrogens is 418 g/mol. The van der Waals surface area contributed by atoms with Crippen molar-refractivity contribution in [3.05, 3.63) is 24.6 Å². The van der Waals surface area contributed by atoms with Crippen molar-refractivity contribution in [1.29, 1.82) is 0 Å². The van der Waals surface area contributed by atoms with Crippen molar-refractivity contribution in [2.75, 3.05) is 19.6 Å². The van der Waals surface area contributed by atoms with Crippen LogP contribution >= 0.6 is 0 Å². The summed E-state index contributed by atoms with van der Waals surface area (Å²) in [5.41, 5.74) is 0. The van der Waals surface area contributed by atoms with Gasteiger partial charge in [-0.3, -0.25) is 9.28 Å². The molecule has 0 saturated carbocycles. The van der Waals surface area contributed by atoms with Gasteiger partial charge in [-0.1, -0.05) is 96.1 Å². The maximum absolute atomic E-state index is 11.2. The molecule has 2 N–H and O–H groups in total. The van der Waals surface area contributed by atoms with Crippen LogP contribution in [-0.2, 0) is 4.79 Å². The Balaban J connectivity index is 1.91. The number of nitrogens with one attached hydrogen (secondary N) is 2. The highest BCUT2D eigenvalue weighted by Gasteiger charge is 2.36. The molecule has 2 atom stereocenters. The van der Waals surface area contributed by atoms with Crippen LogP contribution in [0, 0.1) is 0 Å². The van der Waals surface area contributed by atoms with E-state index in [1.807, 2.05) is 0 Å². The molecule has 0 fully saturated rings. The van der Waals surface area contributed by atoms with Gasteiger partial charge in [0.15, 0.2) is 6.17 Å². The fraction of sp³-hybridized carbons (Fsp3) is 0.833. The SMILES string of the molecule is CCCCCCC/C=C/CCCCCCCCCCCCC1NC=C[N+]1(CC)CCNC(C)=O. The van der Waals surface area contributed by atoms with Gasteiger partial charge in [0, 0.05) is 13.3 Å². The summed E-state index contributed by atoms with van der Waals surface area (Å²) in [6.07, 6.45) is 34.3. The molecule has 4 heteroatoms. The zero-order chi connectivity index (χ0) is 24.7. The number of likely N-dealkylation sites (N-methyl/N-ethyl adjacent to an activating group) is 1. The third-order valence-electron chi connectivity index (χ3n) is 7.51. The van der Waals surface area contributed by atoms with Gasteiger partial charge in [0.25, 0.3) is 0 Å². The van der Waals surface area contributed by atoms with E-state index in [1.165, 1.54) is 116 Å². The van der Waals surface area contributed by atoms with Gasteiger partial charge in [-0.05, 0) is 39.0 Å². The van der Waals surface area contributed by atoms with Gasteiger partial charge in [-0.25, -0.2) is 0 Å². The van der Waals surface area contributed by atoms with E-state index in [-0.39, 0.29) is 5.91 Å². The van der Waals surface area contributed by atoms with E-state index in [4.69, 9.17) is 0 Å². The first-order valence-electron chi connectivity index (χ1n) is 14.8. The average molecular weight is 477 g/mol. The van der Waals surface area contributed by atoms with E-state index < -0.39 is 0 Å². The number of nitrogens with zero attached hydrogens (tertiary/aromatic N) is 1. The Morgan fingerprint density at radius 1 is 0.824 bits per heavy atom. The second-order valence-electron chi connectivity index (χ2n) is 10.4. The molecule has 0 aromatic rings. The number of amides is 1. The Morgan fingerprint density at radius 2 is 1.35 bits per heavy atom. The van der Waals surface area contributed by atoms with Crippen molar-refractivity contribution in [2.45, 2.75) is 143 Å². The smallest absolute Gasteiger partial charge is 0.217 e. The highest BCUT2D eigenvalue weighted by Crippen LogP contribution is 2.23. The van der Waals surface area contributed by atoms with Crippen molar-refractivity contribution in [3.8, 4) is 0 Å². The molecule has 0 aliphatic carbocycles. The first kappa shape index (κ1) is 30.7. The average Bonchev–Trinajstić information content (AvgIpc) is 3.23. The monoisotopic (exact) mass is 476 g/mol. The largest absolute Gasteiger partial charge is 0.351 e. The molecule has 0 aromatic heterocycles. The van der Waals surface area contributed by atoms with Crippen LogP contribution in [0.3, 0.4) is 0 Å². The van der Waals surface area contributed by atoms with Gasteiger partial charge >= 0.3 is 0 Å². The molecule has 1 aliphatic heterocycles. The lowest BCUT2D eigenvalue weighted by Crippen LogP contribution is -2.55. The maximum atomic E-state index is 11.2. The fourth-order valence-corrected chi connectivity index (χ4v) is 5.17. The van der Waals surface area contributed by atoms with Gasteiger partial charge < -0.3 is 10.6 Å². The number of rotatable bonds is 23. The minimum Gasteiger partial charge on any atom is -0.351 e. The molecule has 1 aliphatic rings. The van der Waals surface area contributed by atoms with E-state index in [0.717, 1.165) is 24.1 Å². The van der Waals surface area contributed by atoms with E-state index in [2.05, 4.69) is 49.0 Å². The Bertz CT molecular complexity index is 545. The molecule has 0 bridgehead atoms. The molecule has 198 valence electrons. The highest BCUT2D eigenvalue weighted by molar-refractivity contribution is 5.72. The van der Waals surface area contributed by atoms with Crippen molar-refractivity contribution >= 4 is 5.91 Å². The second kappa shape index (κ2) is 21.0. The number of carbonyl (C=O) groups excluding carboxylic acids is 1. The van der Waals surface area contributed by atoms with Crippen LogP contribution in [0.4, 0.5) is 0 Å². The Labute approximate surface area is 212 Å². The van der Waals surface area contributed by atoms with Crippen LogP contribution in [0.25, 0.3) is 0 Å². The van der Waals surface area contributed by atoms with Crippen LogP contribution in [0.5, 0.6) is 0 Å². The third-order valence-corrected chi connectivity index (χ3v) is 7.51. The number of unbranched alkanes of at least 4 members (excludes halogenated alkanes) is 15. The summed E-state index contributed by atoms with van der Waals surface area (Å²) >= 11 is 0. The van der Waals surface area contributed by atoms with Gasteiger partial charge in [-0.15, -0.1) is 0 Å². The number of hydrogen-bond acceptors (Lipinski definition) is 2. The second-order valence-corrected chi connectivity index (χ2v) is 10.4. The molecule has 1 heterocycles. The van der Waals surface area contributed by atoms with E-state index >= 15 is 0 Å². The predicted octanol–water partition coefficient (Wildman–Crippen LogP) is 7.96. The van der Waals surface area contributed by atoms with E-state index in [1.54, 1.807) is 6.92 Å². The minimum absolute atomic E-state index is 0.0675. The Hall–Kier alpha value is -1.29. The predicted molar refractivity (Wildman–Crippen MR) is 148 cm³/mol. The van der Waals surface area contributed by atoms with E-state index in [0.29, 0.717) is 6.17 Å². The minimum atomic E-state index is 0.0675. The molecule has 34 heavy (non-hydrogen) atoms. The Kier molecular flexibility index (Phi) is 19.0. The van der Waals surface area contributed by atoms with Crippen molar-refractivity contribution in [3.63, 3.8) is 0 Å². The van der Waals surface area contributed by atoms with Crippen LogP contribution in [0.1, 0.15) is 136 Å². The first-order valence-corrected chi connectivity index (χ1v) is 14.8. The zero-order valence-corrected chi connectivity index (χ0v) is 23.1. The summed E-state index contributed by atoms with van der Waals surface area (Å²) < 4.78 is 0.953. The molecule has 0 radical (unpaired) electrons.